The third-order valence-electron chi connectivity index (χ3n) is 7.33. The van der Waals surface area contributed by atoms with Crippen LogP contribution in [-0.2, 0) is 4.79 Å². The number of fused-ring (bicyclic) bond motifs is 5. The molecule has 2 heteroatoms. The topological polar surface area (TPSA) is 37.3 Å². The van der Waals surface area contributed by atoms with Crippen LogP contribution in [0.25, 0.3) is 0 Å². The molecule has 0 radical (unpaired) electrons. The zero-order chi connectivity index (χ0) is 14.6. The standard InChI is InChI=1S/C19H28O2/c1-19-9-8-16-15-6-3-13(20)10-12(15)2-5-17(16)18(19)7-4-14(21)11-19/h10,14-18,21H,2-9,11H2,1H3. The fourth-order valence-electron chi connectivity index (χ4n) is 6.40. The number of carbonyl (C=O) groups is 1. The molecule has 1 N–H and O–H groups in total. The van der Waals surface area contributed by atoms with Gasteiger partial charge in [-0.05, 0) is 86.5 Å². The summed E-state index contributed by atoms with van der Waals surface area (Å²) < 4.78 is 0. The zero-order valence-corrected chi connectivity index (χ0v) is 13.2. The average Bonchev–Trinajstić information content (AvgIpc) is 2.45. The molecule has 0 heterocycles. The lowest BCUT2D eigenvalue weighted by Crippen LogP contribution is -2.50. The Balaban J connectivity index is 1.60. The van der Waals surface area contributed by atoms with E-state index in [1.165, 1.54) is 31.3 Å². The van der Waals surface area contributed by atoms with Crippen molar-refractivity contribution < 1.29 is 9.90 Å². The molecule has 21 heavy (non-hydrogen) atoms. The van der Waals surface area contributed by atoms with E-state index in [2.05, 4.69) is 6.92 Å². The molecular formula is C19H28O2. The van der Waals surface area contributed by atoms with Crippen molar-refractivity contribution in [1.82, 2.24) is 0 Å². The Morgan fingerprint density at radius 3 is 2.81 bits per heavy atom. The molecule has 0 aromatic heterocycles. The van der Waals surface area contributed by atoms with Crippen LogP contribution in [0.15, 0.2) is 11.6 Å². The molecule has 0 amide bonds. The second-order valence-electron chi connectivity index (χ2n) is 8.43. The third-order valence-corrected chi connectivity index (χ3v) is 7.33. The third kappa shape index (κ3) is 2.21. The van der Waals surface area contributed by atoms with Gasteiger partial charge in [-0.15, -0.1) is 0 Å². The van der Waals surface area contributed by atoms with Crippen molar-refractivity contribution in [3.05, 3.63) is 11.6 Å². The summed E-state index contributed by atoms with van der Waals surface area (Å²) in [4.78, 5) is 11.7. The maximum atomic E-state index is 11.7. The number of aliphatic hydroxyl groups excluding tert-OH is 1. The fourth-order valence-corrected chi connectivity index (χ4v) is 6.40. The van der Waals surface area contributed by atoms with E-state index >= 15 is 0 Å². The zero-order valence-electron chi connectivity index (χ0n) is 13.2. The first-order chi connectivity index (χ1) is 10.1. The molecule has 3 saturated carbocycles. The van der Waals surface area contributed by atoms with Gasteiger partial charge >= 0.3 is 0 Å². The summed E-state index contributed by atoms with van der Waals surface area (Å²) in [5, 5.41) is 10.1. The largest absolute Gasteiger partial charge is 0.393 e. The first kappa shape index (κ1) is 14.0. The van der Waals surface area contributed by atoms with Crippen LogP contribution in [0.1, 0.15) is 64.7 Å². The van der Waals surface area contributed by atoms with Gasteiger partial charge in [-0.3, -0.25) is 4.79 Å². The maximum absolute atomic E-state index is 11.7. The van der Waals surface area contributed by atoms with E-state index in [9.17, 15) is 9.90 Å². The number of aliphatic hydroxyl groups is 1. The SMILES string of the molecule is CC12CCC3C4CCC(=O)C=C4CCC3C1CCC(O)C2. The minimum absolute atomic E-state index is 0.0610. The Labute approximate surface area is 128 Å². The van der Waals surface area contributed by atoms with Crippen molar-refractivity contribution in [2.24, 2.45) is 29.1 Å². The molecule has 4 rings (SSSR count). The summed E-state index contributed by atoms with van der Waals surface area (Å²) in [5.74, 6) is 3.57. The van der Waals surface area contributed by atoms with Crippen LogP contribution in [0.5, 0.6) is 0 Å². The van der Waals surface area contributed by atoms with E-state index in [1.807, 2.05) is 6.08 Å². The molecular weight excluding hydrogens is 260 g/mol. The fraction of sp³-hybridized carbons (Fsp3) is 0.842. The van der Waals surface area contributed by atoms with Crippen molar-refractivity contribution in [3.63, 3.8) is 0 Å². The van der Waals surface area contributed by atoms with Gasteiger partial charge in [-0.25, -0.2) is 0 Å². The summed E-state index contributed by atoms with van der Waals surface area (Å²) in [7, 11) is 0. The summed E-state index contributed by atoms with van der Waals surface area (Å²) >= 11 is 0. The maximum Gasteiger partial charge on any atom is 0.155 e. The highest BCUT2D eigenvalue weighted by Crippen LogP contribution is 2.60. The van der Waals surface area contributed by atoms with Gasteiger partial charge in [-0.1, -0.05) is 12.5 Å². The average molecular weight is 288 g/mol. The van der Waals surface area contributed by atoms with Crippen LogP contribution < -0.4 is 0 Å². The van der Waals surface area contributed by atoms with Gasteiger partial charge < -0.3 is 5.11 Å². The number of carbonyl (C=O) groups excluding carboxylic acids is 1. The molecule has 0 aliphatic heterocycles. The molecule has 0 aromatic carbocycles. The number of hydrogen-bond donors (Lipinski definition) is 1. The monoisotopic (exact) mass is 288 g/mol. The van der Waals surface area contributed by atoms with E-state index in [0.29, 0.717) is 17.1 Å². The van der Waals surface area contributed by atoms with E-state index in [0.717, 1.165) is 49.9 Å². The molecule has 4 aliphatic rings. The van der Waals surface area contributed by atoms with Gasteiger partial charge in [0.25, 0.3) is 0 Å². The summed E-state index contributed by atoms with van der Waals surface area (Å²) in [5.41, 5.74) is 1.86. The van der Waals surface area contributed by atoms with Crippen molar-refractivity contribution in [1.29, 1.82) is 0 Å². The highest BCUT2D eigenvalue weighted by molar-refractivity contribution is 5.91. The van der Waals surface area contributed by atoms with Crippen LogP contribution in [0.4, 0.5) is 0 Å². The van der Waals surface area contributed by atoms with Gasteiger partial charge in [0.05, 0.1) is 6.10 Å². The Bertz CT molecular complexity index is 480. The predicted octanol–water partition coefficient (Wildman–Crippen LogP) is 3.88. The van der Waals surface area contributed by atoms with Gasteiger partial charge in [0.15, 0.2) is 5.78 Å². The molecule has 116 valence electrons. The number of ketones is 1. The first-order valence-electron chi connectivity index (χ1n) is 8.98. The lowest BCUT2D eigenvalue weighted by molar-refractivity contribution is -0.116. The molecule has 0 spiro atoms. The quantitative estimate of drug-likeness (QED) is 0.734. The van der Waals surface area contributed by atoms with Crippen LogP contribution >= 0.6 is 0 Å². The molecule has 0 saturated heterocycles. The minimum Gasteiger partial charge on any atom is -0.393 e. The summed E-state index contributed by atoms with van der Waals surface area (Å²) in [6, 6.07) is 0. The van der Waals surface area contributed by atoms with Gasteiger partial charge in [0, 0.05) is 6.42 Å². The van der Waals surface area contributed by atoms with Crippen LogP contribution in [0, 0.1) is 29.1 Å². The van der Waals surface area contributed by atoms with E-state index in [4.69, 9.17) is 0 Å². The van der Waals surface area contributed by atoms with Crippen LogP contribution in [-0.4, -0.2) is 17.0 Å². The van der Waals surface area contributed by atoms with Crippen molar-refractivity contribution >= 4 is 5.78 Å². The number of hydrogen-bond acceptors (Lipinski definition) is 2. The molecule has 2 nitrogen and oxygen atoms in total. The van der Waals surface area contributed by atoms with Crippen molar-refractivity contribution in [3.8, 4) is 0 Å². The van der Waals surface area contributed by atoms with Gasteiger partial charge in [-0.2, -0.15) is 0 Å². The summed E-state index contributed by atoms with van der Waals surface area (Å²) in [6.45, 7) is 2.44. The lowest BCUT2D eigenvalue weighted by Gasteiger charge is -2.57. The number of rotatable bonds is 0. The molecule has 6 atom stereocenters. The minimum atomic E-state index is -0.0610. The first-order valence-corrected chi connectivity index (χ1v) is 8.98. The highest BCUT2D eigenvalue weighted by atomic mass is 16.3. The highest BCUT2D eigenvalue weighted by Gasteiger charge is 2.52. The lowest BCUT2D eigenvalue weighted by atomic mass is 9.48. The van der Waals surface area contributed by atoms with Crippen LogP contribution in [0.3, 0.4) is 0 Å². The normalized spacial score (nSPS) is 49.7. The number of allylic oxidation sites excluding steroid dienone is 2. The van der Waals surface area contributed by atoms with Crippen molar-refractivity contribution in [2.45, 2.75) is 70.8 Å². The van der Waals surface area contributed by atoms with E-state index in [-0.39, 0.29) is 6.10 Å². The van der Waals surface area contributed by atoms with Crippen molar-refractivity contribution in [2.75, 3.05) is 0 Å². The van der Waals surface area contributed by atoms with Gasteiger partial charge in [0.1, 0.15) is 0 Å². The van der Waals surface area contributed by atoms with Gasteiger partial charge in [0.2, 0.25) is 0 Å². The molecule has 4 aliphatic carbocycles. The molecule has 0 bridgehead atoms. The van der Waals surface area contributed by atoms with E-state index in [1.54, 1.807) is 0 Å². The van der Waals surface area contributed by atoms with Crippen LogP contribution in [0.2, 0.25) is 0 Å². The molecule has 0 aromatic rings. The predicted molar refractivity (Wildman–Crippen MR) is 82.7 cm³/mol. The summed E-state index contributed by atoms with van der Waals surface area (Å²) in [6.07, 6.45) is 12.1. The Hall–Kier alpha value is -0.630. The smallest absolute Gasteiger partial charge is 0.155 e. The Kier molecular flexibility index (Phi) is 3.29. The van der Waals surface area contributed by atoms with E-state index < -0.39 is 0 Å². The molecule has 6 unspecified atom stereocenters. The second-order valence-corrected chi connectivity index (χ2v) is 8.43. The Morgan fingerprint density at radius 1 is 1.10 bits per heavy atom. The molecule has 3 fully saturated rings. The second kappa shape index (κ2) is 4.94. The Morgan fingerprint density at radius 2 is 1.95 bits per heavy atom.